The Labute approximate surface area is 165 Å². The van der Waals surface area contributed by atoms with Crippen LogP contribution in [0.2, 0.25) is 0 Å². The summed E-state index contributed by atoms with van der Waals surface area (Å²) in [6, 6.07) is 8.03. The zero-order chi connectivity index (χ0) is 20.7. The van der Waals surface area contributed by atoms with Crippen molar-refractivity contribution in [2.24, 2.45) is 5.92 Å². The molecule has 0 spiro atoms. The lowest BCUT2D eigenvalue weighted by Crippen LogP contribution is -2.39. The minimum atomic E-state index is -1.06. The third kappa shape index (κ3) is 3.74. The first-order valence-corrected chi connectivity index (χ1v) is 9.55. The van der Waals surface area contributed by atoms with Gasteiger partial charge in [0.15, 0.2) is 0 Å². The minimum absolute atomic E-state index is 0.0541. The Hall–Kier alpha value is -2.80. The summed E-state index contributed by atoms with van der Waals surface area (Å²) in [5.41, 5.74) is 2.39. The van der Waals surface area contributed by atoms with E-state index in [0.29, 0.717) is 23.2 Å². The zero-order valence-electron chi connectivity index (χ0n) is 15.8. The third-order valence-electron chi connectivity index (χ3n) is 5.59. The van der Waals surface area contributed by atoms with E-state index >= 15 is 0 Å². The second-order valence-corrected chi connectivity index (χ2v) is 7.69. The van der Waals surface area contributed by atoms with Gasteiger partial charge in [-0.15, -0.1) is 0 Å². The van der Waals surface area contributed by atoms with Gasteiger partial charge < -0.3 is 15.4 Å². The Kier molecular flexibility index (Phi) is 5.08. The van der Waals surface area contributed by atoms with Gasteiger partial charge in [-0.1, -0.05) is 0 Å². The van der Waals surface area contributed by atoms with E-state index in [1.165, 1.54) is 25.1 Å². The molecule has 7 heteroatoms. The summed E-state index contributed by atoms with van der Waals surface area (Å²) in [6.07, 6.45) is 0.411. The Morgan fingerprint density at radius 2 is 1.86 bits per heavy atom. The van der Waals surface area contributed by atoms with Gasteiger partial charge >= 0.3 is 0 Å². The quantitative estimate of drug-likeness (QED) is 0.598. The van der Waals surface area contributed by atoms with Crippen LogP contribution < -0.4 is 5.32 Å². The summed E-state index contributed by atoms with van der Waals surface area (Å²) in [4.78, 5) is 14.6. The molecule has 0 unspecified atom stereocenters. The molecule has 1 amide bonds. The average Bonchev–Trinajstić information content (AvgIpc) is 3.00. The summed E-state index contributed by atoms with van der Waals surface area (Å²) in [7, 11) is 0. The van der Waals surface area contributed by atoms with Crippen molar-refractivity contribution in [2.45, 2.75) is 31.8 Å². The van der Waals surface area contributed by atoms with Crippen LogP contribution in [0.3, 0.4) is 0 Å². The monoisotopic (exact) mass is 402 g/mol. The summed E-state index contributed by atoms with van der Waals surface area (Å²) < 4.78 is 41.6. The average molecular weight is 402 g/mol. The fourth-order valence-electron chi connectivity index (χ4n) is 4.04. The molecule has 1 heterocycles. The number of carbonyl (C=O) groups excluding carboxylic acids is 1. The number of hydrogen-bond acceptors (Lipinski definition) is 2. The molecule has 1 atom stereocenters. The lowest BCUT2D eigenvalue weighted by Gasteiger charge is -2.36. The first kappa shape index (κ1) is 19.5. The lowest BCUT2D eigenvalue weighted by atomic mass is 9.70. The molecule has 29 heavy (non-hydrogen) atoms. The van der Waals surface area contributed by atoms with Gasteiger partial charge in [0.2, 0.25) is 5.91 Å². The number of fused-ring (bicyclic) bond motifs is 1. The van der Waals surface area contributed by atoms with Crippen molar-refractivity contribution < 1.29 is 23.1 Å². The summed E-state index contributed by atoms with van der Waals surface area (Å²) >= 11 is 0. The molecule has 1 aliphatic carbocycles. The maximum absolute atomic E-state index is 14.4. The standard InChI is InChI=1S/C22H21F3N2O2/c1-11(28)22(29)26-10-12-6-14(7-12)19-17-8-16(24)9-18(25)21(17)27-20(19)13-2-4-15(23)5-3-13/h2-5,8-9,11-12,14,27-28H,6-7,10H2,1H3,(H,26,29)/t11-,12-,14-/m1/s1. The van der Waals surface area contributed by atoms with Crippen molar-refractivity contribution in [1.82, 2.24) is 10.3 Å². The number of aliphatic hydroxyl groups excluding tert-OH is 1. The van der Waals surface area contributed by atoms with E-state index < -0.39 is 23.6 Å². The Morgan fingerprint density at radius 1 is 1.17 bits per heavy atom. The fraction of sp³-hybridized carbons (Fsp3) is 0.318. The van der Waals surface area contributed by atoms with Gasteiger partial charge in [-0.25, -0.2) is 13.2 Å². The number of carbonyl (C=O) groups is 1. The smallest absolute Gasteiger partial charge is 0.248 e. The van der Waals surface area contributed by atoms with E-state index in [-0.39, 0.29) is 23.2 Å². The zero-order valence-corrected chi connectivity index (χ0v) is 15.8. The van der Waals surface area contributed by atoms with Crippen LogP contribution in [0.5, 0.6) is 0 Å². The highest BCUT2D eigenvalue weighted by Crippen LogP contribution is 2.48. The molecule has 3 aromatic rings. The third-order valence-corrected chi connectivity index (χ3v) is 5.59. The van der Waals surface area contributed by atoms with Crippen LogP contribution in [0.4, 0.5) is 13.2 Å². The molecule has 3 N–H and O–H groups in total. The van der Waals surface area contributed by atoms with Crippen molar-refractivity contribution in [3.05, 3.63) is 59.4 Å². The molecule has 4 nitrogen and oxygen atoms in total. The van der Waals surface area contributed by atoms with E-state index in [4.69, 9.17) is 0 Å². The Bertz CT molecular complexity index is 1050. The van der Waals surface area contributed by atoms with Gasteiger partial charge in [0.25, 0.3) is 0 Å². The first-order valence-electron chi connectivity index (χ1n) is 9.55. The van der Waals surface area contributed by atoms with Crippen LogP contribution in [-0.2, 0) is 4.79 Å². The predicted octanol–water partition coefficient (Wildman–Crippen LogP) is 4.24. The molecule has 1 aliphatic rings. The van der Waals surface area contributed by atoms with Crippen molar-refractivity contribution >= 4 is 16.8 Å². The number of halogens is 3. The molecule has 1 fully saturated rings. The van der Waals surface area contributed by atoms with Crippen LogP contribution in [0.1, 0.15) is 31.2 Å². The normalized spacial score (nSPS) is 19.8. The number of hydrogen-bond donors (Lipinski definition) is 3. The van der Waals surface area contributed by atoms with Gasteiger partial charge in [0.05, 0.1) is 11.2 Å². The molecule has 152 valence electrons. The molecule has 1 aromatic heterocycles. The van der Waals surface area contributed by atoms with E-state index in [1.54, 1.807) is 12.1 Å². The number of rotatable bonds is 5. The van der Waals surface area contributed by atoms with Crippen LogP contribution in [0.25, 0.3) is 22.2 Å². The van der Waals surface area contributed by atoms with Crippen molar-refractivity contribution in [2.75, 3.05) is 6.54 Å². The van der Waals surface area contributed by atoms with Crippen LogP contribution in [0.15, 0.2) is 36.4 Å². The van der Waals surface area contributed by atoms with Gasteiger partial charge in [-0.05, 0) is 73.1 Å². The number of benzene rings is 2. The first-order chi connectivity index (χ1) is 13.8. The van der Waals surface area contributed by atoms with Crippen molar-refractivity contribution in [3.63, 3.8) is 0 Å². The van der Waals surface area contributed by atoms with E-state index in [0.717, 1.165) is 24.5 Å². The highest BCUT2D eigenvalue weighted by Gasteiger charge is 2.35. The number of aromatic amines is 1. The predicted molar refractivity (Wildman–Crippen MR) is 104 cm³/mol. The number of amides is 1. The number of nitrogens with one attached hydrogen (secondary N) is 2. The maximum atomic E-state index is 14.4. The van der Waals surface area contributed by atoms with Gasteiger partial charge in [0, 0.05) is 18.0 Å². The minimum Gasteiger partial charge on any atom is -0.384 e. The molecular weight excluding hydrogens is 381 g/mol. The summed E-state index contributed by atoms with van der Waals surface area (Å²) in [5, 5.41) is 12.4. The Morgan fingerprint density at radius 3 is 2.52 bits per heavy atom. The van der Waals surface area contributed by atoms with Gasteiger partial charge in [-0.3, -0.25) is 4.79 Å². The molecule has 0 bridgehead atoms. The lowest BCUT2D eigenvalue weighted by molar-refractivity contribution is -0.128. The van der Waals surface area contributed by atoms with E-state index in [2.05, 4.69) is 10.3 Å². The SMILES string of the molecule is C[C@@H](O)C(=O)NC[C@H]1C[C@H](c2c(-c3ccc(F)cc3)[nH]c3c(F)cc(F)cc32)C1. The summed E-state index contributed by atoms with van der Waals surface area (Å²) in [5.74, 6) is -1.85. The van der Waals surface area contributed by atoms with Crippen LogP contribution >= 0.6 is 0 Å². The van der Waals surface area contributed by atoms with E-state index in [9.17, 15) is 23.1 Å². The molecule has 1 saturated carbocycles. The van der Waals surface area contributed by atoms with Gasteiger partial charge in [0.1, 0.15) is 23.6 Å². The Balaban J connectivity index is 1.65. The number of aliphatic hydroxyl groups is 1. The second kappa shape index (κ2) is 7.55. The second-order valence-electron chi connectivity index (χ2n) is 7.69. The topological polar surface area (TPSA) is 65.1 Å². The molecule has 2 aromatic carbocycles. The van der Waals surface area contributed by atoms with Crippen molar-refractivity contribution in [3.8, 4) is 11.3 Å². The highest BCUT2D eigenvalue weighted by atomic mass is 19.1. The highest BCUT2D eigenvalue weighted by molar-refractivity contribution is 5.92. The fourth-order valence-corrected chi connectivity index (χ4v) is 4.04. The molecule has 4 rings (SSSR count). The summed E-state index contributed by atoms with van der Waals surface area (Å²) in [6.45, 7) is 1.85. The molecule has 0 radical (unpaired) electrons. The number of aromatic nitrogens is 1. The molecule has 0 saturated heterocycles. The van der Waals surface area contributed by atoms with Gasteiger partial charge in [-0.2, -0.15) is 0 Å². The maximum Gasteiger partial charge on any atom is 0.248 e. The molecular formula is C22H21F3N2O2. The van der Waals surface area contributed by atoms with Crippen LogP contribution in [-0.4, -0.2) is 28.6 Å². The van der Waals surface area contributed by atoms with Crippen molar-refractivity contribution in [1.29, 1.82) is 0 Å². The largest absolute Gasteiger partial charge is 0.384 e. The molecule has 0 aliphatic heterocycles. The van der Waals surface area contributed by atoms with Crippen LogP contribution in [0, 0.1) is 23.4 Å². The van der Waals surface area contributed by atoms with E-state index in [1.807, 2.05) is 0 Å². The number of H-pyrrole nitrogens is 1.